The molecule has 1 saturated heterocycles. The van der Waals surface area contributed by atoms with Gasteiger partial charge in [0.25, 0.3) is 0 Å². The minimum absolute atomic E-state index is 0.00192. The number of urea groups is 1. The van der Waals surface area contributed by atoms with Crippen molar-refractivity contribution in [2.45, 2.75) is 57.3 Å². The molecular weight excluding hydrogens is 280 g/mol. The van der Waals surface area contributed by atoms with Gasteiger partial charge in [-0.05, 0) is 32.6 Å². The van der Waals surface area contributed by atoms with Crippen molar-refractivity contribution >= 4 is 6.03 Å². The summed E-state index contributed by atoms with van der Waals surface area (Å²) in [5.41, 5.74) is 1.03. The second kappa shape index (κ2) is 6.96. The molecule has 1 aliphatic heterocycles. The van der Waals surface area contributed by atoms with Crippen LogP contribution in [0.4, 0.5) is 4.79 Å². The zero-order valence-corrected chi connectivity index (χ0v) is 13.0. The molecule has 6 heteroatoms. The van der Waals surface area contributed by atoms with Crippen molar-refractivity contribution in [3.8, 4) is 0 Å². The highest BCUT2D eigenvalue weighted by molar-refractivity contribution is 5.75. The molecule has 2 N–H and O–H groups in total. The van der Waals surface area contributed by atoms with Crippen LogP contribution in [0.3, 0.4) is 0 Å². The number of carbonyl (C=O) groups is 1. The van der Waals surface area contributed by atoms with Crippen LogP contribution in [0.2, 0.25) is 0 Å². The molecule has 0 bridgehead atoms. The monoisotopic (exact) mass is 304 g/mol. The molecular formula is C16H24N4O2. The molecule has 0 spiro atoms. The fourth-order valence-corrected chi connectivity index (χ4v) is 3.08. The Morgan fingerprint density at radius 3 is 3.09 bits per heavy atom. The van der Waals surface area contributed by atoms with Crippen LogP contribution in [0.25, 0.3) is 0 Å². The molecule has 2 aliphatic rings. The van der Waals surface area contributed by atoms with Gasteiger partial charge in [-0.15, -0.1) is 0 Å². The Bertz CT molecular complexity index is 540. The van der Waals surface area contributed by atoms with E-state index in [0.717, 1.165) is 37.8 Å². The third-order valence-corrected chi connectivity index (χ3v) is 4.28. The van der Waals surface area contributed by atoms with Gasteiger partial charge < -0.3 is 15.4 Å². The van der Waals surface area contributed by atoms with Crippen LogP contribution in [0, 0.1) is 0 Å². The molecule has 1 aliphatic carbocycles. The van der Waals surface area contributed by atoms with Crippen molar-refractivity contribution in [3.05, 3.63) is 30.1 Å². The van der Waals surface area contributed by atoms with Gasteiger partial charge in [-0.25, -0.2) is 4.79 Å². The molecule has 2 heterocycles. The van der Waals surface area contributed by atoms with E-state index in [1.54, 1.807) is 0 Å². The molecule has 0 radical (unpaired) electrons. The van der Waals surface area contributed by atoms with Gasteiger partial charge in [0.15, 0.2) is 0 Å². The molecule has 6 nitrogen and oxygen atoms in total. The van der Waals surface area contributed by atoms with E-state index >= 15 is 0 Å². The first-order valence-corrected chi connectivity index (χ1v) is 8.14. The summed E-state index contributed by atoms with van der Waals surface area (Å²) in [6.07, 6.45) is 12.0. The minimum atomic E-state index is -0.111. The quantitative estimate of drug-likeness (QED) is 0.837. The van der Waals surface area contributed by atoms with E-state index < -0.39 is 0 Å². The number of carbonyl (C=O) groups excluding carboxylic acids is 1. The third-order valence-electron chi connectivity index (χ3n) is 4.28. The number of hydrogen-bond acceptors (Lipinski definition) is 3. The lowest BCUT2D eigenvalue weighted by Gasteiger charge is -2.22. The number of amides is 2. The van der Waals surface area contributed by atoms with E-state index in [4.69, 9.17) is 4.74 Å². The Hall–Kier alpha value is -1.82. The molecule has 22 heavy (non-hydrogen) atoms. The zero-order chi connectivity index (χ0) is 15.4. The molecule has 1 aromatic heterocycles. The van der Waals surface area contributed by atoms with E-state index in [9.17, 15) is 4.79 Å². The van der Waals surface area contributed by atoms with E-state index in [1.165, 1.54) is 0 Å². The average Bonchev–Trinajstić information content (AvgIpc) is 3.16. The van der Waals surface area contributed by atoms with E-state index in [-0.39, 0.29) is 24.2 Å². The number of hydrogen-bond donors (Lipinski definition) is 2. The number of ether oxygens (including phenoxy) is 1. The molecule has 0 saturated carbocycles. The predicted molar refractivity (Wildman–Crippen MR) is 83.4 cm³/mol. The molecule has 2 amide bonds. The largest absolute Gasteiger partial charge is 0.371 e. The third kappa shape index (κ3) is 3.50. The van der Waals surface area contributed by atoms with Crippen molar-refractivity contribution in [1.82, 2.24) is 20.4 Å². The van der Waals surface area contributed by atoms with Gasteiger partial charge in [0.1, 0.15) is 6.10 Å². The summed E-state index contributed by atoms with van der Waals surface area (Å²) in [5.74, 6) is 0. The van der Waals surface area contributed by atoms with Gasteiger partial charge in [-0.2, -0.15) is 5.10 Å². The number of allylic oxidation sites excluding steroid dienone is 1. The van der Waals surface area contributed by atoms with Crippen LogP contribution < -0.4 is 10.6 Å². The summed E-state index contributed by atoms with van der Waals surface area (Å²) in [6.45, 7) is 3.54. The van der Waals surface area contributed by atoms with Crippen molar-refractivity contribution in [1.29, 1.82) is 0 Å². The average molecular weight is 304 g/mol. The summed E-state index contributed by atoms with van der Waals surface area (Å²) < 4.78 is 7.67. The second-order valence-corrected chi connectivity index (χ2v) is 5.90. The van der Waals surface area contributed by atoms with E-state index in [2.05, 4.69) is 27.9 Å². The number of rotatable bonds is 4. The predicted octanol–water partition coefficient (Wildman–Crippen LogP) is 2.14. The van der Waals surface area contributed by atoms with Crippen molar-refractivity contribution in [2.75, 3.05) is 6.61 Å². The van der Waals surface area contributed by atoms with Gasteiger partial charge in [0.2, 0.25) is 0 Å². The fourth-order valence-electron chi connectivity index (χ4n) is 3.08. The van der Waals surface area contributed by atoms with Gasteiger partial charge in [-0.1, -0.05) is 12.2 Å². The normalized spacial score (nSPS) is 27.8. The van der Waals surface area contributed by atoms with Gasteiger partial charge >= 0.3 is 6.03 Å². The van der Waals surface area contributed by atoms with Gasteiger partial charge in [-0.3, -0.25) is 4.68 Å². The Balaban J connectivity index is 1.57. The Labute approximate surface area is 130 Å². The molecule has 120 valence electrons. The lowest BCUT2D eigenvalue weighted by Crippen LogP contribution is -2.46. The lowest BCUT2D eigenvalue weighted by molar-refractivity contribution is 0.0998. The van der Waals surface area contributed by atoms with Crippen molar-refractivity contribution in [2.24, 2.45) is 0 Å². The minimum Gasteiger partial charge on any atom is -0.371 e. The fraction of sp³-hybridized carbons (Fsp3) is 0.625. The second-order valence-electron chi connectivity index (χ2n) is 5.90. The first kappa shape index (κ1) is 15.1. The molecule has 3 rings (SSSR count). The van der Waals surface area contributed by atoms with E-state index in [1.807, 2.05) is 24.0 Å². The van der Waals surface area contributed by atoms with Crippen LogP contribution >= 0.6 is 0 Å². The SMILES string of the molecule is CCn1cc([C@H]2OCC[C@@H]2NC(=O)N[C@@H]2C=CCCC2)cn1. The van der Waals surface area contributed by atoms with Crippen molar-refractivity contribution in [3.63, 3.8) is 0 Å². The van der Waals surface area contributed by atoms with Crippen LogP contribution in [-0.2, 0) is 11.3 Å². The standard InChI is InChI=1S/C16H24N4O2/c1-2-20-11-12(10-17-20)15-14(8-9-22-15)19-16(21)18-13-6-4-3-5-7-13/h4,6,10-11,13-15H,2-3,5,7-9H2,1H3,(H2,18,19,21)/t13-,14+,15-/m1/s1. The molecule has 0 aromatic carbocycles. The van der Waals surface area contributed by atoms with E-state index in [0.29, 0.717) is 6.61 Å². The Kier molecular flexibility index (Phi) is 4.77. The molecule has 0 unspecified atom stereocenters. The zero-order valence-electron chi connectivity index (χ0n) is 13.0. The van der Waals surface area contributed by atoms with Crippen LogP contribution in [-0.4, -0.2) is 34.5 Å². The summed E-state index contributed by atoms with van der Waals surface area (Å²) >= 11 is 0. The topological polar surface area (TPSA) is 68.2 Å². The number of aromatic nitrogens is 2. The van der Waals surface area contributed by atoms with Crippen molar-refractivity contribution < 1.29 is 9.53 Å². The summed E-state index contributed by atoms with van der Waals surface area (Å²) in [4.78, 5) is 12.2. The maximum absolute atomic E-state index is 12.2. The first-order valence-electron chi connectivity index (χ1n) is 8.14. The number of aryl methyl sites for hydroxylation is 1. The summed E-state index contributed by atoms with van der Waals surface area (Å²) in [5, 5.41) is 10.4. The smallest absolute Gasteiger partial charge is 0.315 e. The maximum atomic E-state index is 12.2. The van der Waals surface area contributed by atoms with Crippen LogP contribution in [0.1, 0.15) is 44.3 Å². The first-order chi connectivity index (χ1) is 10.8. The Morgan fingerprint density at radius 1 is 1.45 bits per heavy atom. The number of nitrogens with one attached hydrogen (secondary N) is 2. The highest BCUT2D eigenvalue weighted by Crippen LogP contribution is 2.28. The van der Waals surface area contributed by atoms with Crippen LogP contribution in [0.15, 0.2) is 24.5 Å². The molecule has 1 aromatic rings. The Morgan fingerprint density at radius 2 is 2.36 bits per heavy atom. The molecule has 1 fully saturated rings. The highest BCUT2D eigenvalue weighted by atomic mass is 16.5. The maximum Gasteiger partial charge on any atom is 0.315 e. The van der Waals surface area contributed by atoms with Crippen LogP contribution in [0.5, 0.6) is 0 Å². The summed E-state index contributed by atoms with van der Waals surface area (Å²) in [6, 6.07) is 0.0411. The number of nitrogens with zero attached hydrogens (tertiary/aromatic N) is 2. The molecule has 3 atom stereocenters. The highest BCUT2D eigenvalue weighted by Gasteiger charge is 2.32. The summed E-state index contributed by atoms with van der Waals surface area (Å²) in [7, 11) is 0. The van der Waals surface area contributed by atoms with Gasteiger partial charge in [0.05, 0.1) is 12.2 Å². The van der Waals surface area contributed by atoms with Gasteiger partial charge in [0, 0.05) is 31.0 Å². The lowest BCUT2D eigenvalue weighted by atomic mass is 10.0.